The molecular formula is C31H41Cl3N4O4. The Hall–Kier alpha value is -2.23. The van der Waals surface area contributed by atoms with Gasteiger partial charge in [0.1, 0.15) is 18.4 Å². The van der Waals surface area contributed by atoms with Crippen LogP contribution in [0.5, 0.6) is 5.75 Å². The number of para-hydroxylation sites is 1. The first-order chi connectivity index (χ1) is 20.0. The summed E-state index contributed by atoms with van der Waals surface area (Å²) in [7, 11) is 0. The summed E-state index contributed by atoms with van der Waals surface area (Å²) in [4.78, 5) is 32.9. The van der Waals surface area contributed by atoms with E-state index in [4.69, 9.17) is 32.7 Å². The molecule has 5 rings (SSSR count). The lowest BCUT2D eigenvalue weighted by atomic mass is 9.88. The minimum atomic E-state index is -0.700. The molecule has 3 fully saturated rings. The van der Waals surface area contributed by atoms with E-state index in [0.717, 1.165) is 69.8 Å². The summed E-state index contributed by atoms with van der Waals surface area (Å²) >= 11 is 12.6. The molecule has 11 heteroatoms. The molecule has 1 atom stereocenters. The smallest absolute Gasteiger partial charge is 0.318 e. The molecular weight excluding hydrogens is 599 g/mol. The van der Waals surface area contributed by atoms with E-state index >= 15 is 0 Å². The molecule has 230 valence electrons. The maximum Gasteiger partial charge on any atom is 0.318 e. The van der Waals surface area contributed by atoms with Crippen LogP contribution in [0.2, 0.25) is 10.0 Å². The number of amides is 3. The van der Waals surface area contributed by atoms with Crippen LogP contribution in [-0.4, -0.2) is 98.3 Å². The lowest BCUT2D eigenvalue weighted by Crippen LogP contribution is -2.54. The van der Waals surface area contributed by atoms with E-state index in [1.807, 2.05) is 23.1 Å². The fourth-order valence-corrected chi connectivity index (χ4v) is 6.44. The number of urea groups is 1. The molecule has 0 saturated carbocycles. The maximum atomic E-state index is 13.8. The number of hydrogen-bond acceptors (Lipinski definition) is 5. The molecule has 0 unspecified atom stereocenters. The van der Waals surface area contributed by atoms with Gasteiger partial charge < -0.3 is 24.6 Å². The zero-order chi connectivity index (χ0) is 28.6. The number of ether oxygens (including phenoxy) is 2. The highest BCUT2D eigenvalue weighted by molar-refractivity contribution is 6.35. The summed E-state index contributed by atoms with van der Waals surface area (Å²) in [5.41, 5.74) is 1.99. The van der Waals surface area contributed by atoms with Crippen molar-refractivity contribution in [2.45, 2.75) is 44.1 Å². The fourth-order valence-electron chi connectivity index (χ4n) is 5.96. The Balaban J connectivity index is 0.00000405. The van der Waals surface area contributed by atoms with E-state index < -0.39 is 6.04 Å². The van der Waals surface area contributed by atoms with Crippen LogP contribution >= 0.6 is 35.6 Å². The molecule has 2 aromatic carbocycles. The number of likely N-dealkylation sites (tertiary alicyclic amines) is 2. The molecule has 0 aromatic heterocycles. The molecule has 3 aliphatic heterocycles. The van der Waals surface area contributed by atoms with Crippen LogP contribution in [0.4, 0.5) is 4.79 Å². The second kappa shape index (κ2) is 16.0. The van der Waals surface area contributed by atoms with Crippen molar-refractivity contribution in [3.05, 3.63) is 63.6 Å². The number of nitrogens with zero attached hydrogens (tertiary/aromatic N) is 3. The molecule has 0 radical (unpaired) electrons. The number of piperidine rings is 1. The lowest BCUT2D eigenvalue weighted by molar-refractivity contribution is -0.134. The van der Waals surface area contributed by atoms with Crippen LogP contribution in [0.25, 0.3) is 0 Å². The highest BCUT2D eigenvalue weighted by atomic mass is 35.5. The van der Waals surface area contributed by atoms with Gasteiger partial charge in [-0.1, -0.05) is 47.5 Å². The summed E-state index contributed by atoms with van der Waals surface area (Å²) in [6, 6.07) is 12.6. The summed E-state index contributed by atoms with van der Waals surface area (Å²) < 4.78 is 11.7. The first-order valence-electron chi connectivity index (χ1n) is 14.8. The van der Waals surface area contributed by atoms with E-state index in [-0.39, 0.29) is 24.3 Å². The average Bonchev–Trinajstić information content (AvgIpc) is 3.54. The Morgan fingerprint density at radius 2 is 1.67 bits per heavy atom. The predicted octanol–water partition coefficient (Wildman–Crippen LogP) is 5.25. The SMILES string of the molecule is Cl.O=C(N[C@H](Cc1ccc(Cl)cc1Cl)C(=O)N1CCC(c2ccccc2OCCN2CCOCC2)CC1)N1CCCC1. The molecule has 2 aromatic rings. The monoisotopic (exact) mass is 638 g/mol. The van der Waals surface area contributed by atoms with Crippen LogP contribution in [-0.2, 0) is 16.0 Å². The number of benzene rings is 2. The van der Waals surface area contributed by atoms with Crippen molar-refractivity contribution >= 4 is 47.5 Å². The topological polar surface area (TPSA) is 74.3 Å². The van der Waals surface area contributed by atoms with Gasteiger partial charge in [0.15, 0.2) is 0 Å². The Bertz CT molecular complexity index is 1180. The molecule has 0 bridgehead atoms. The fraction of sp³-hybridized carbons (Fsp3) is 0.548. The number of morpholine rings is 1. The molecule has 3 amide bonds. The van der Waals surface area contributed by atoms with Crippen LogP contribution in [0.15, 0.2) is 42.5 Å². The van der Waals surface area contributed by atoms with Crippen molar-refractivity contribution in [1.29, 1.82) is 0 Å². The van der Waals surface area contributed by atoms with E-state index in [0.29, 0.717) is 55.2 Å². The number of halogens is 3. The predicted molar refractivity (Wildman–Crippen MR) is 168 cm³/mol. The molecule has 0 spiro atoms. The number of rotatable bonds is 9. The van der Waals surface area contributed by atoms with Gasteiger partial charge in [0.2, 0.25) is 5.91 Å². The number of nitrogens with one attached hydrogen (secondary N) is 1. The second-order valence-corrected chi connectivity index (χ2v) is 11.9. The van der Waals surface area contributed by atoms with Crippen LogP contribution < -0.4 is 10.1 Å². The van der Waals surface area contributed by atoms with Crippen LogP contribution in [0.3, 0.4) is 0 Å². The van der Waals surface area contributed by atoms with Crippen molar-refractivity contribution in [2.24, 2.45) is 0 Å². The van der Waals surface area contributed by atoms with Gasteiger partial charge in [0, 0.05) is 62.3 Å². The molecule has 3 heterocycles. The molecule has 42 heavy (non-hydrogen) atoms. The first-order valence-corrected chi connectivity index (χ1v) is 15.5. The largest absolute Gasteiger partial charge is 0.492 e. The van der Waals surface area contributed by atoms with Crippen molar-refractivity contribution in [3.63, 3.8) is 0 Å². The van der Waals surface area contributed by atoms with Gasteiger partial charge in [0.05, 0.1) is 13.2 Å². The molecule has 8 nitrogen and oxygen atoms in total. The van der Waals surface area contributed by atoms with Gasteiger partial charge in [-0.2, -0.15) is 0 Å². The third kappa shape index (κ3) is 8.66. The van der Waals surface area contributed by atoms with Crippen molar-refractivity contribution < 1.29 is 19.1 Å². The summed E-state index contributed by atoms with van der Waals surface area (Å²) in [6.07, 6.45) is 3.96. The standard InChI is InChI=1S/C31H40Cl2N4O4.ClH/c32-25-8-7-24(27(33)22-25)21-28(34-31(39)37-11-3-4-12-37)30(38)36-13-9-23(10-14-36)26-5-1-2-6-29(26)41-20-17-35-15-18-40-19-16-35;/h1-2,5-8,22-23,28H,3-4,9-21H2,(H,34,39);1H/t28-;/m1./s1. The summed E-state index contributed by atoms with van der Waals surface area (Å²) in [5, 5.41) is 4.05. The second-order valence-electron chi connectivity index (χ2n) is 11.1. The summed E-state index contributed by atoms with van der Waals surface area (Å²) in [6.45, 7) is 7.65. The first kappa shape index (κ1) is 32.7. The van der Waals surface area contributed by atoms with Gasteiger partial charge in [-0.3, -0.25) is 9.69 Å². The van der Waals surface area contributed by atoms with Crippen molar-refractivity contribution in [1.82, 2.24) is 20.0 Å². The van der Waals surface area contributed by atoms with Crippen LogP contribution in [0.1, 0.15) is 42.7 Å². The molecule has 3 aliphatic rings. The third-order valence-corrected chi connectivity index (χ3v) is 8.95. The summed E-state index contributed by atoms with van der Waals surface area (Å²) in [5.74, 6) is 1.16. The van der Waals surface area contributed by atoms with E-state index in [1.165, 1.54) is 5.56 Å². The quantitative estimate of drug-likeness (QED) is 0.406. The van der Waals surface area contributed by atoms with E-state index in [1.54, 1.807) is 17.0 Å². The Labute approximate surface area is 265 Å². The Kier molecular flexibility index (Phi) is 12.5. The van der Waals surface area contributed by atoms with Crippen LogP contribution in [0, 0.1) is 0 Å². The van der Waals surface area contributed by atoms with Gasteiger partial charge in [-0.05, 0) is 60.9 Å². The highest BCUT2D eigenvalue weighted by Crippen LogP contribution is 2.34. The minimum Gasteiger partial charge on any atom is -0.492 e. The molecule has 0 aliphatic carbocycles. The third-order valence-electron chi connectivity index (χ3n) is 8.36. The highest BCUT2D eigenvalue weighted by Gasteiger charge is 2.32. The zero-order valence-corrected chi connectivity index (χ0v) is 26.3. The number of carbonyl (C=O) groups is 2. The van der Waals surface area contributed by atoms with Crippen molar-refractivity contribution in [2.75, 3.05) is 65.6 Å². The minimum absolute atomic E-state index is 0. The lowest BCUT2D eigenvalue weighted by Gasteiger charge is -2.35. The number of hydrogen-bond donors (Lipinski definition) is 1. The Morgan fingerprint density at radius 3 is 2.38 bits per heavy atom. The Morgan fingerprint density at radius 1 is 0.952 bits per heavy atom. The molecule has 1 N–H and O–H groups in total. The van der Waals surface area contributed by atoms with Gasteiger partial charge in [-0.25, -0.2) is 4.79 Å². The van der Waals surface area contributed by atoms with E-state index in [9.17, 15) is 9.59 Å². The molecule has 3 saturated heterocycles. The van der Waals surface area contributed by atoms with Crippen molar-refractivity contribution in [3.8, 4) is 5.75 Å². The average molecular weight is 640 g/mol. The normalized spacial score (nSPS) is 18.8. The maximum absolute atomic E-state index is 13.8. The van der Waals surface area contributed by atoms with Gasteiger partial charge in [0.25, 0.3) is 0 Å². The van der Waals surface area contributed by atoms with E-state index in [2.05, 4.69) is 22.3 Å². The number of carbonyl (C=O) groups excluding carboxylic acids is 2. The van der Waals surface area contributed by atoms with Gasteiger partial charge in [-0.15, -0.1) is 12.4 Å². The zero-order valence-electron chi connectivity index (χ0n) is 23.9. The van der Waals surface area contributed by atoms with Gasteiger partial charge >= 0.3 is 6.03 Å².